The van der Waals surface area contributed by atoms with Crippen molar-refractivity contribution >= 4 is 118 Å². The summed E-state index contributed by atoms with van der Waals surface area (Å²) in [7, 11) is 0. The van der Waals surface area contributed by atoms with Crippen molar-refractivity contribution < 1.29 is 9.59 Å². The zero-order valence-electron chi connectivity index (χ0n) is 30.7. The molecule has 0 atom stereocenters. The molecule has 2 heterocycles. The summed E-state index contributed by atoms with van der Waals surface area (Å²) in [4.78, 5) is 52.5. The highest BCUT2D eigenvalue weighted by Gasteiger charge is 2.14. The van der Waals surface area contributed by atoms with E-state index in [1.165, 1.54) is 19.4 Å². The van der Waals surface area contributed by atoms with Crippen LogP contribution in [0.25, 0.3) is 43.6 Å². The summed E-state index contributed by atoms with van der Waals surface area (Å²) in [5, 5.41) is 9.65. The Bertz CT molecular complexity index is 2750. The molecule has 6 aromatic carbocycles. The third kappa shape index (κ3) is 11.4. The van der Waals surface area contributed by atoms with E-state index in [2.05, 4.69) is 110 Å². The molecule has 0 fully saturated rings. The molecule has 0 aliphatic heterocycles. The number of carbonyl (C=O) groups is 2. The number of aromatic amines is 1. The van der Waals surface area contributed by atoms with Crippen molar-refractivity contribution in [2.24, 2.45) is 0 Å². The van der Waals surface area contributed by atoms with E-state index in [1.54, 1.807) is 12.1 Å². The van der Waals surface area contributed by atoms with Gasteiger partial charge in [-0.05, 0) is 59.2 Å². The molecule has 8 aromatic rings. The number of halogens is 3. The van der Waals surface area contributed by atoms with Crippen molar-refractivity contribution in [3.8, 4) is 0 Å². The molecule has 0 bridgehead atoms. The Kier molecular flexibility index (Phi) is 14.9. The molecule has 13 heteroatoms. The first-order valence-corrected chi connectivity index (χ1v) is 20.4. The minimum absolute atomic E-state index is 0. The quantitative estimate of drug-likeness (QED) is 0.112. The van der Waals surface area contributed by atoms with Crippen LogP contribution in [0, 0.1) is 6.92 Å². The largest absolute Gasteiger partial charge is 0.369 e. The van der Waals surface area contributed by atoms with Gasteiger partial charge in [-0.1, -0.05) is 104 Å². The van der Waals surface area contributed by atoms with E-state index in [4.69, 9.17) is 4.98 Å². The lowest BCUT2D eigenvalue weighted by Gasteiger charge is -2.13. The van der Waals surface area contributed by atoms with Gasteiger partial charge >= 0.3 is 3.18 Å². The van der Waals surface area contributed by atoms with Crippen molar-refractivity contribution in [2.75, 3.05) is 10.6 Å². The van der Waals surface area contributed by atoms with Gasteiger partial charge in [0.2, 0.25) is 11.8 Å². The second kappa shape index (κ2) is 19.8. The van der Waals surface area contributed by atoms with Gasteiger partial charge in [-0.3, -0.25) is 14.4 Å². The molecule has 2 amide bonds. The number of aryl methyl sites for hydroxylation is 1. The predicted molar refractivity (Wildman–Crippen MR) is 248 cm³/mol. The Hall–Kier alpha value is -5.24. The van der Waals surface area contributed by atoms with E-state index >= 15 is 0 Å². The molecular weight excluding hydrogens is 911 g/mol. The van der Waals surface area contributed by atoms with Crippen molar-refractivity contribution in [1.29, 1.82) is 0 Å². The molecule has 288 valence electrons. The highest BCUT2D eigenvalue weighted by atomic mass is 79.9. The zero-order valence-corrected chi connectivity index (χ0v) is 35.5. The number of benzene rings is 6. The molecule has 9 nitrogen and oxygen atoms in total. The number of hydrogen-bond acceptors (Lipinski definition) is 6. The fourth-order valence-electron chi connectivity index (χ4n) is 6.30. The lowest BCUT2D eigenvalue weighted by Crippen LogP contribution is -2.12. The Morgan fingerprint density at radius 2 is 1.19 bits per heavy atom. The minimum atomic E-state index is -0.170. The smallest absolute Gasteiger partial charge is 0.353 e. The monoisotopic (exact) mass is 948 g/mol. The van der Waals surface area contributed by atoms with Gasteiger partial charge in [0.05, 0.1) is 33.5 Å². The molecule has 0 aliphatic rings. The molecule has 57 heavy (non-hydrogen) atoms. The number of nitrogens with one attached hydrogen (secondary N) is 3. The first-order valence-electron chi connectivity index (χ1n) is 17.6. The Labute approximate surface area is 356 Å². The van der Waals surface area contributed by atoms with Crippen molar-refractivity contribution in [1.82, 2.24) is 19.9 Å². The maximum absolute atomic E-state index is 11.6. The minimum Gasteiger partial charge on any atom is -0.353 e. The molecule has 0 unspecified atom stereocenters. The number of rotatable bonds is 6. The first-order chi connectivity index (χ1) is 26.9. The summed E-state index contributed by atoms with van der Waals surface area (Å²) in [6.07, 6.45) is 1.22. The molecular formula is C44H40BBr3N6O3. The van der Waals surface area contributed by atoms with Gasteiger partial charge in [-0.15, -0.1) is 47.3 Å². The third-order valence-electron chi connectivity index (χ3n) is 8.67. The maximum atomic E-state index is 11.6. The van der Waals surface area contributed by atoms with Crippen molar-refractivity contribution in [2.45, 2.75) is 41.0 Å². The van der Waals surface area contributed by atoms with Crippen LogP contribution in [0.15, 0.2) is 126 Å². The van der Waals surface area contributed by atoms with Gasteiger partial charge in [-0.25, -0.2) is 15.0 Å². The fourth-order valence-corrected chi connectivity index (χ4v) is 6.30. The molecule has 8 rings (SSSR count). The van der Waals surface area contributed by atoms with E-state index in [-0.39, 0.29) is 27.9 Å². The topological polar surface area (TPSA) is 130 Å². The van der Waals surface area contributed by atoms with E-state index in [0.29, 0.717) is 24.5 Å². The van der Waals surface area contributed by atoms with E-state index in [9.17, 15) is 14.4 Å². The summed E-state index contributed by atoms with van der Waals surface area (Å²) in [6, 6.07) is 39.1. The lowest BCUT2D eigenvalue weighted by atomic mass is 10.0. The Balaban J connectivity index is 0.000000196. The van der Waals surface area contributed by atoms with E-state index < -0.39 is 0 Å². The van der Waals surface area contributed by atoms with Crippen LogP contribution < -0.4 is 16.1 Å². The van der Waals surface area contributed by atoms with Crippen LogP contribution in [0.2, 0.25) is 0 Å². The van der Waals surface area contributed by atoms with Crippen LogP contribution in [0.4, 0.5) is 11.6 Å². The second-order valence-corrected chi connectivity index (χ2v) is 19.5. The summed E-state index contributed by atoms with van der Waals surface area (Å²) in [6.45, 7) is 5.03. The normalized spacial score (nSPS) is 10.5. The lowest BCUT2D eigenvalue weighted by molar-refractivity contribution is -0.115. The fraction of sp³-hybridized carbons (Fsp3) is 0.136. The predicted octanol–water partition coefficient (Wildman–Crippen LogP) is 11.1. The average molecular weight is 951 g/mol. The summed E-state index contributed by atoms with van der Waals surface area (Å²) in [5.74, 6) is 0.731. The Morgan fingerprint density at radius 1 is 0.649 bits per heavy atom. The molecule has 0 radical (unpaired) electrons. The van der Waals surface area contributed by atoms with Crippen LogP contribution in [-0.4, -0.2) is 34.9 Å². The number of anilines is 2. The Morgan fingerprint density at radius 3 is 1.82 bits per heavy atom. The average Bonchev–Trinajstić information content (AvgIpc) is 3.15. The van der Waals surface area contributed by atoms with E-state index in [0.717, 1.165) is 66.1 Å². The highest BCUT2D eigenvalue weighted by molar-refractivity contribution is 9.69. The van der Waals surface area contributed by atoms with Crippen molar-refractivity contribution in [3.63, 3.8) is 0 Å². The number of hydrogen-bond donors (Lipinski definition) is 3. The molecule has 0 aliphatic carbocycles. The van der Waals surface area contributed by atoms with Gasteiger partial charge in [0.15, 0.2) is 17.1 Å². The number of aromatic nitrogens is 4. The summed E-state index contributed by atoms with van der Waals surface area (Å²) >= 11 is 9.31. The van der Waals surface area contributed by atoms with Gasteiger partial charge in [0.1, 0.15) is 0 Å². The van der Waals surface area contributed by atoms with E-state index in [1.807, 2.05) is 78.9 Å². The third-order valence-corrected chi connectivity index (χ3v) is 8.67. The van der Waals surface area contributed by atoms with Gasteiger partial charge in [0.25, 0.3) is 0 Å². The standard InChI is InChI=1S/C22H19N3O.C21H17N3O2.CH4.BBr3/c1-14-8-10-18-17(12-14)9-11-19-21(18)24-20(22(25-19)23-15(2)26)13-16-6-4-3-5-7-16;1-13(25)22-21-19(11-14-5-3-2-4-6-14)23-20-17-9-8-16(26)12-15(17)7-10-18(20)24-21;;2-1(3)4/h3-12H,13H2,1-2H3,(H,23,25,26);2-10,12,23H,11H2,1H3,(H,22,25);1H4;. The molecule has 2 aromatic heterocycles. The molecule has 0 saturated carbocycles. The van der Waals surface area contributed by atoms with Crippen LogP contribution >= 0.6 is 47.3 Å². The SMILES string of the molecule is BrB(Br)Br.C.CC(=O)Nc1nc2ccc3cc(=O)ccc3c2[nH]c1Cc1ccccc1.CC(=O)Nc1nc2ccc3cc(C)ccc3c2nc1Cc1ccccc1. The zero-order chi connectivity index (χ0) is 39.8. The number of nitrogens with zero attached hydrogens (tertiary/aromatic N) is 3. The van der Waals surface area contributed by atoms with Gasteiger partial charge in [0, 0.05) is 37.5 Å². The van der Waals surface area contributed by atoms with Crippen LogP contribution in [-0.2, 0) is 22.4 Å². The van der Waals surface area contributed by atoms with Crippen LogP contribution in [0.3, 0.4) is 0 Å². The molecule has 0 spiro atoms. The summed E-state index contributed by atoms with van der Waals surface area (Å²) in [5.41, 5.74) is 8.24. The van der Waals surface area contributed by atoms with Gasteiger partial charge in [-0.2, -0.15) is 0 Å². The highest BCUT2D eigenvalue weighted by Crippen LogP contribution is 2.28. The summed E-state index contributed by atoms with van der Waals surface area (Å²) < 4.78 is 0.271. The number of H-pyrrole nitrogens is 1. The molecule has 0 saturated heterocycles. The first kappa shape index (κ1) is 42.9. The van der Waals surface area contributed by atoms with Gasteiger partial charge < -0.3 is 15.6 Å². The maximum Gasteiger partial charge on any atom is 0.369 e. The second-order valence-electron chi connectivity index (χ2n) is 13.0. The van der Waals surface area contributed by atoms with Crippen molar-refractivity contribution in [3.05, 3.63) is 160 Å². The number of fused-ring (bicyclic) bond motifs is 6. The number of carbonyl (C=O) groups excluding carboxylic acids is 2. The van der Waals surface area contributed by atoms with Crippen LogP contribution in [0.1, 0.15) is 49.4 Å². The van der Waals surface area contributed by atoms with Crippen LogP contribution in [0.5, 0.6) is 0 Å². The number of amides is 2. The molecule has 3 N–H and O–H groups in total.